The van der Waals surface area contributed by atoms with Crippen LogP contribution in [0.5, 0.6) is 5.75 Å². The Labute approximate surface area is 82.5 Å². The third-order valence-corrected chi connectivity index (χ3v) is 2.17. The van der Waals surface area contributed by atoms with Gasteiger partial charge in [0.1, 0.15) is 0 Å². The van der Waals surface area contributed by atoms with Gasteiger partial charge in [-0.15, -0.1) is 0 Å². The molecule has 0 atom stereocenters. The van der Waals surface area contributed by atoms with Gasteiger partial charge in [-0.05, 0) is 23.6 Å². The molecule has 1 aromatic rings. The van der Waals surface area contributed by atoms with Gasteiger partial charge in [-0.25, -0.2) is 4.39 Å². The van der Waals surface area contributed by atoms with Crippen LogP contribution >= 0.6 is 11.6 Å². The first kappa shape index (κ1) is 10.3. The maximum atomic E-state index is 13.3. The predicted molar refractivity (Wildman–Crippen MR) is 52.1 cm³/mol. The Morgan fingerprint density at radius 2 is 2.00 bits per heavy atom. The van der Waals surface area contributed by atoms with Gasteiger partial charge in [0.15, 0.2) is 11.6 Å². The van der Waals surface area contributed by atoms with Gasteiger partial charge in [0, 0.05) is 0 Å². The number of hydrogen-bond donors (Lipinski definition) is 0. The summed E-state index contributed by atoms with van der Waals surface area (Å²) in [6.45, 7) is 3.97. The van der Waals surface area contributed by atoms with Crippen molar-refractivity contribution >= 4 is 11.6 Å². The normalized spacial score (nSPS) is 10.6. The fraction of sp³-hybridized carbons (Fsp3) is 0.400. The Kier molecular flexibility index (Phi) is 3.15. The fourth-order valence-corrected chi connectivity index (χ4v) is 1.40. The lowest BCUT2D eigenvalue weighted by Crippen LogP contribution is -1.94. The van der Waals surface area contributed by atoms with Crippen LogP contribution < -0.4 is 4.74 Å². The van der Waals surface area contributed by atoms with Crippen molar-refractivity contribution in [2.45, 2.75) is 19.8 Å². The lowest BCUT2D eigenvalue weighted by molar-refractivity contribution is 0.386. The molecule has 0 amide bonds. The van der Waals surface area contributed by atoms with Crippen LogP contribution in [-0.4, -0.2) is 7.11 Å². The van der Waals surface area contributed by atoms with Gasteiger partial charge < -0.3 is 4.74 Å². The number of ether oxygens (including phenoxy) is 1. The molecule has 0 radical (unpaired) electrons. The molecule has 0 saturated carbocycles. The summed E-state index contributed by atoms with van der Waals surface area (Å²) in [4.78, 5) is 0. The highest BCUT2D eigenvalue weighted by molar-refractivity contribution is 6.32. The molecule has 0 saturated heterocycles. The molecule has 1 rings (SSSR count). The van der Waals surface area contributed by atoms with Crippen LogP contribution in [0, 0.1) is 5.82 Å². The summed E-state index contributed by atoms with van der Waals surface area (Å²) >= 11 is 5.81. The molecule has 0 aromatic heterocycles. The molecule has 0 heterocycles. The van der Waals surface area contributed by atoms with E-state index in [1.54, 1.807) is 6.07 Å². The van der Waals surface area contributed by atoms with Crippen LogP contribution in [0.25, 0.3) is 0 Å². The second-order valence-corrected chi connectivity index (χ2v) is 3.58. The first-order valence-corrected chi connectivity index (χ1v) is 4.47. The molecule has 0 aliphatic heterocycles. The topological polar surface area (TPSA) is 9.23 Å². The zero-order valence-corrected chi connectivity index (χ0v) is 8.65. The largest absolute Gasteiger partial charge is 0.492 e. The van der Waals surface area contributed by atoms with E-state index in [0.29, 0.717) is 5.02 Å². The lowest BCUT2D eigenvalue weighted by atomic mass is 10.0. The van der Waals surface area contributed by atoms with Crippen molar-refractivity contribution in [3.8, 4) is 5.75 Å². The van der Waals surface area contributed by atoms with E-state index in [9.17, 15) is 4.39 Å². The summed E-state index contributed by atoms with van der Waals surface area (Å²) in [5.74, 6) is -0.0253. The Morgan fingerprint density at radius 1 is 1.38 bits per heavy atom. The van der Waals surface area contributed by atoms with Gasteiger partial charge in [-0.1, -0.05) is 25.4 Å². The van der Waals surface area contributed by atoms with E-state index < -0.39 is 5.82 Å². The van der Waals surface area contributed by atoms with Gasteiger partial charge in [-0.3, -0.25) is 0 Å². The van der Waals surface area contributed by atoms with Crippen LogP contribution in [0.15, 0.2) is 12.1 Å². The quantitative estimate of drug-likeness (QED) is 0.712. The molecule has 0 spiro atoms. The number of halogens is 2. The minimum absolute atomic E-state index is 0.117. The van der Waals surface area contributed by atoms with Gasteiger partial charge in [0.25, 0.3) is 0 Å². The van der Waals surface area contributed by atoms with E-state index in [2.05, 4.69) is 0 Å². The number of hydrogen-bond acceptors (Lipinski definition) is 1. The highest BCUT2D eigenvalue weighted by Gasteiger charge is 2.11. The molecule has 13 heavy (non-hydrogen) atoms. The predicted octanol–water partition coefficient (Wildman–Crippen LogP) is 3.61. The average molecular weight is 203 g/mol. The molecule has 3 heteroatoms. The van der Waals surface area contributed by atoms with Crippen molar-refractivity contribution in [3.05, 3.63) is 28.5 Å². The summed E-state index contributed by atoms with van der Waals surface area (Å²) in [5.41, 5.74) is 0.878. The Hall–Kier alpha value is -0.760. The van der Waals surface area contributed by atoms with Gasteiger partial charge in [0.2, 0.25) is 0 Å². The van der Waals surface area contributed by atoms with Crippen molar-refractivity contribution in [2.24, 2.45) is 0 Å². The molecule has 0 fully saturated rings. The maximum absolute atomic E-state index is 13.3. The van der Waals surface area contributed by atoms with Crippen molar-refractivity contribution in [2.75, 3.05) is 7.11 Å². The van der Waals surface area contributed by atoms with Crippen molar-refractivity contribution < 1.29 is 9.13 Å². The minimum Gasteiger partial charge on any atom is -0.492 e. The third kappa shape index (κ3) is 2.13. The second-order valence-electron chi connectivity index (χ2n) is 3.17. The first-order valence-electron chi connectivity index (χ1n) is 4.09. The molecule has 0 aliphatic carbocycles. The van der Waals surface area contributed by atoms with Crippen LogP contribution in [0.4, 0.5) is 4.39 Å². The van der Waals surface area contributed by atoms with E-state index >= 15 is 0 Å². The fourth-order valence-electron chi connectivity index (χ4n) is 1.11. The Morgan fingerprint density at radius 3 is 2.38 bits per heavy atom. The zero-order chi connectivity index (χ0) is 10.0. The molecule has 0 aliphatic rings. The number of methoxy groups -OCH3 is 1. The molecule has 1 nitrogen and oxygen atoms in total. The Balaban J connectivity index is 3.20. The highest BCUT2D eigenvalue weighted by Crippen LogP contribution is 2.31. The summed E-state index contributed by atoms with van der Waals surface area (Å²) in [5, 5.41) is 0.325. The van der Waals surface area contributed by atoms with Crippen molar-refractivity contribution in [1.29, 1.82) is 0 Å². The minimum atomic E-state index is -0.404. The van der Waals surface area contributed by atoms with E-state index in [1.807, 2.05) is 13.8 Å². The van der Waals surface area contributed by atoms with Crippen molar-refractivity contribution in [1.82, 2.24) is 0 Å². The zero-order valence-electron chi connectivity index (χ0n) is 7.90. The highest BCUT2D eigenvalue weighted by atomic mass is 35.5. The maximum Gasteiger partial charge on any atom is 0.173 e. The SMILES string of the molecule is COc1c(F)cc(C(C)C)cc1Cl. The standard InChI is InChI=1S/C10H12ClFO/c1-6(2)7-4-8(11)10(13-3)9(12)5-7/h4-6H,1-3H3. The molecule has 72 valence electrons. The molecular formula is C10H12ClFO. The van der Waals surface area contributed by atoms with Crippen LogP contribution in [-0.2, 0) is 0 Å². The van der Waals surface area contributed by atoms with E-state index in [1.165, 1.54) is 13.2 Å². The molecular weight excluding hydrogens is 191 g/mol. The number of benzene rings is 1. The van der Waals surface area contributed by atoms with Crippen molar-refractivity contribution in [3.63, 3.8) is 0 Å². The van der Waals surface area contributed by atoms with Gasteiger partial charge in [-0.2, -0.15) is 0 Å². The van der Waals surface area contributed by atoms with E-state index in [-0.39, 0.29) is 11.7 Å². The summed E-state index contributed by atoms with van der Waals surface area (Å²) in [6.07, 6.45) is 0. The average Bonchev–Trinajstić information content (AvgIpc) is 2.03. The summed E-state index contributed by atoms with van der Waals surface area (Å²) < 4.78 is 18.1. The van der Waals surface area contributed by atoms with Gasteiger partial charge >= 0.3 is 0 Å². The second kappa shape index (κ2) is 3.97. The summed E-state index contributed by atoms with van der Waals surface area (Å²) in [7, 11) is 1.40. The van der Waals surface area contributed by atoms with E-state index in [4.69, 9.17) is 16.3 Å². The van der Waals surface area contributed by atoms with Crippen LogP contribution in [0.1, 0.15) is 25.3 Å². The lowest BCUT2D eigenvalue weighted by Gasteiger charge is -2.09. The molecule has 0 unspecified atom stereocenters. The number of rotatable bonds is 2. The Bertz CT molecular complexity index is 287. The summed E-state index contributed by atoms with van der Waals surface area (Å²) in [6, 6.07) is 3.18. The smallest absolute Gasteiger partial charge is 0.173 e. The van der Waals surface area contributed by atoms with Crippen LogP contribution in [0.3, 0.4) is 0 Å². The monoisotopic (exact) mass is 202 g/mol. The van der Waals surface area contributed by atoms with Gasteiger partial charge in [0.05, 0.1) is 12.1 Å². The molecule has 1 aromatic carbocycles. The third-order valence-electron chi connectivity index (χ3n) is 1.89. The first-order chi connectivity index (χ1) is 6.06. The van der Waals surface area contributed by atoms with Crippen LogP contribution in [0.2, 0.25) is 5.02 Å². The molecule has 0 N–H and O–H groups in total. The molecule has 0 bridgehead atoms. The van der Waals surface area contributed by atoms with E-state index in [0.717, 1.165) is 5.56 Å².